The van der Waals surface area contributed by atoms with E-state index in [4.69, 9.17) is 5.73 Å². The fourth-order valence-electron chi connectivity index (χ4n) is 1.27. The lowest BCUT2D eigenvalue weighted by molar-refractivity contribution is 0.0923. The molecule has 1 aromatic rings. The highest BCUT2D eigenvalue weighted by atomic mass is 16.2. The van der Waals surface area contributed by atoms with E-state index in [-0.39, 0.29) is 11.9 Å². The number of aryl methyl sites for hydroxylation is 1. The molecule has 0 radical (unpaired) electrons. The zero-order valence-corrected chi connectivity index (χ0v) is 9.40. The van der Waals surface area contributed by atoms with Gasteiger partial charge in [0, 0.05) is 25.8 Å². The van der Waals surface area contributed by atoms with Crippen molar-refractivity contribution in [1.82, 2.24) is 14.9 Å². The number of rotatable bonds is 4. The van der Waals surface area contributed by atoms with Crippen molar-refractivity contribution >= 4 is 5.91 Å². The van der Waals surface area contributed by atoms with Gasteiger partial charge in [0.1, 0.15) is 5.69 Å². The van der Waals surface area contributed by atoms with E-state index in [1.54, 1.807) is 17.1 Å². The molecule has 1 amide bonds. The van der Waals surface area contributed by atoms with Gasteiger partial charge in [-0.15, -0.1) is 0 Å². The predicted molar refractivity (Wildman–Crippen MR) is 58.4 cm³/mol. The van der Waals surface area contributed by atoms with Crippen LogP contribution < -0.4 is 11.1 Å². The molecule has 1 unspecified atom stereocenters. The largest absolute Gasteiger partial charge is 0.346 e. The normalized spacial score (nSPS) is 12.9. The molecule has 84 valence electrons. The van der Waals surface area contributed by atoms with Crippen molar-refractivity contribution in [3.05, 3.63) is 18.2 Å². The van der Waals surface area contributed by atoms with E-state index in [0.717, 1.165) is 0 Å². The van der Waals surface area contributed by atoms with Crippen molar-refractivity contribution in [1.29, 1.82) is 0 Å². The lowest BCUT2D eigenvalue weighted by Crippen LogP contribution is -2.43. The van der Waals surface area contributed by atoms with E-state index in [2.05, 4.69) is 10.3 Å². The van der Waals surface area contributed by atoms with E-state index in [9.17, 15) is 4.79 Å². The minimum Gasteiger partial charge on any atom is -0.346 e. The third-order valence-electron chi connectivity index (χ3n) is 2.31. The molecule has 1 heterocycles. The number of carbonyl (C=O) groups is 1. The van der Waals surface area contributed by atoms with E-state index in [0.29, 0.717) is 18.2 Å². The smallest absolute Gasteiger partial charge is 0.271 e. The lowest BCUT2D eigenvalue weighted by atomic mass is 10.0. The number of nitrogens with zero attached hydrogens (tertiary/aromatic N) is 2. The molecule has 0 bridgehead atoms. The fourth-order valence-corrected chi connectivity index (χ4v) is 1.27. The summed E-state index contributed by atoms with van der Waals surface area (Å²) in [5.74, 6) is 0.155. The number of imidazole rings is 1. The van der Waals surface area contributed by atoms with Crippen molar-refractivity contribution in [2.75, 3.05) is 6.54 Å². The highest BCUT2D eigenvalue weighted by Gasteiger charge is 2.16. The first-order valence-corrected chi connectivity index (χ1v) is 5.03. The molecule has 1 atom stereocenters. The molecule has 1 rings (SSSR count). The van der Waals surface area contributed by atoms with E-state index in [1.165, 1.54) is 0 Å². The Kier molecular flexibility index (Phi) is 3.85. The SMILES string of the molecule is CC(C)C(CN)NC(=O)c1cn(C)cn1. The van der Waals surface area contributed by atoms with Crippen LogP contribution in [0.4, 0.5) is 0 Å². The number of nitrogens with two attached hydrogens (primary N) is 1. The summed E-state index contributed by atoms with van der Waals surface area (Å²) in [6.07, 6.45) is 3.28. The molecule has 0 aliphatic rings. The number of nitrogens with one attached hydrogen (secondary N) is 1. The Morgan fingerprint density at radius 2 is 2.33 bits per heavy atom. The first kappa shape index (κ1) is 11.7. The Morgan fingerprint density at radius 3 is 2.73 bits per heavy atom. The highest BCUT2D eigenvalue weighted by molar-refractivity contribution is 5.92. The summed E-state index contributed by atoms with van der Waals surface area (Å²) >= 11 is 0. The quantitative estimate of drug-likeness (QED) is 0.742. The summed E-state index contributed by atoms with van der Waals surface area (Å²) in [7, 11) is 1.83. The highest BCUT2D eigenvalue weighted by Crippen LogP contribution is 2.01. The maximum Gasteiger partial charge on any atom is 0.271 e. The van der Waals surface area contributed by atoms with Crippen molar-refractivity contribution in [3.8, 4) is 0 Å². The maximum atomic E-state index is 11.7. The number of aromatic nitrogens is 2. The summed E-state index contributed by atoms with van der Waals surface area (Å²) < 4.78 is 1.74. The van der Waals surface area contributed by atoms with Crippen LogP contribution in [0.1, 0.15) is 24.3 Å². The van der Waals surface area contributed by atoms with Gasteiger partial charge < -0.3 is 15.6 Å². The molecular weight excluding hydrogens is 192 g/mol. The Morgan fingerprint density at radius 1 is 1.67 bits per heavy atom. The van der Waals surface area contributed by atoms with Gasteiger partial charge in [-0.2, -0.15) is 0 Å². The van der Waals surface area contributed by atoms with Crippen molar-refractivity contribution in [2.24, 2.45) is 18.7 Å². The lowest BCUT2D eigenvalue weighted by Gasteiger charge is -2.19. The topological polar surface area (TPSA) is 72.9 Å². The number of hydrogen-bond donors (Lipinski definition) is 2. The van der Waals surface area contributed by atoms with Gasteiger partial charge in [-0.3, -0.25) is 4.79 Å². The molecular formula is C10H18N4O. The number of carbonyl (C=O) groups excluding carboxylic acids is 1. The first-order chi connectivity index (χ1) is 7.04. The molecule has 0 aliphatic carbocycles. The Hall–Kier alpha value is -1.36. The molecule has 3 N–H and O–H groups in total. The third kappa shape index (κ3) is 3.06. The Balaban J connectivity index is 2.62. The van der Waals surface area contributed by atoms with E-state index < -0.39 is 0 Å². The van der Waals surface area contributed by atoms with Crippen LogP contribution in [-0.4, -0.2) is 28.0 Å². The standard InChI is InChI=1S/C10H18N4O/c1-7(2)8(4-11)13-10(15)9-5-14(3)6-12-9/h5-8H,4,11H2,1-3H3,(H,13,15). The van der Waals surface area contributed by atoms with Crippen LogP contribution in [0.5, 0.6) is 0 Å². The molecule has 5 nitrogen and oxygen atoms in total. The molecule has 15 heavy (non-hydrogen) atoms. The van der Waals surface area contributed by atoms with Crippen LogP contribution in [0, 0.1) is 5.92 Å². The summed E-state index contributed by atoms with van der Waals surface area (Å²) in [4.78, 5) is 15.7. The van der Waals surface area contributed by atoms with Crippen molar-refractivity contribution in [3.63, 3.8) is 0 Å². The van der Waals surface area contributed by atoms with E-state index in [1.807, 2.05) is 20.9 Å². The molecule has 0 aliphatic heterocycles. The van der Waals surface area contributed by atoms with Crippen LogP contribution in [0.3, 0.4) is 0 Å². The van der Waals surface area contributed by atoms with Crippen LogP contribution in [0.25, 0.3) is 0 Å². The van der Waals surface area contributed by atoms with Gasteiger partial charge in [0.25, 0.3) is 5.91 Å². The average molecular weight is 210 g/mol. The monoisotopic (exact) mass is 210 g/mol. The van der Waals surface area contributed by atoms with Gasteiger partial charge in [-0.25, -0.2) is 4.98 Å². The summed E-state index contributed by atoms with van der Waals surface area (Å²) in [5, 5.41) is 2.86. The van der Waals surface area contributed by atoms with Crippen LogP contribution >= 0.6 is 0 Å². The number of hydrogen-bond acceptors (Lipinski definition) is 3. The fraction of sp³-hybridized carbons (Fsp3) is 0.600. The van der Waals surface area contributed by atoms with Gasteiger partial charge in [-0.1, -0.05) is 13.8 Å². The molecule has 0 saturated carbocycles. The van der Waals surface area contributed by atoms with Gasteiger partial charge in [0.15, 0.2) is 0 Å². The summed E-state index contributed by atoms with van der Waals surface area (Å²) in [6, 6.07) is -0.000457. The van der Waals surface area contributed by atoms with Crippen molar-refractivity contribution in [2.45, 2.75) is 19.9 Å². The number of amides is 1. The van der Waals surface area contributed by atoms with Crippen LogP contribution in [-0.2, 0) is 7.05 Å². The zero-order chi connectivity index (χ0) is 11.4. The van der Waals surface area contributed by atoms with Gasteiger partial charge in [0.2, 0.25) is 0 Å². The van der Waals surface area contributed by atoms with Gasteiger partial charge >= 0.3 is 0 Å². The molecule has 0 spiro atoms. The molecule has 1 aromatic heterocycles. The second-order valence-electron chi connectivity index (χ2n) is 3.98. The summed E-state index contributed by atoms with van der Waals surface area (Å²) in [5.41, 5.74) is 5.99. The second kappa shape index (κ2) is 4.93. The second-order valence-corrected chi connectivity index (χ2v) is 3.98. The van der Waals surface area contributed by atoms with Gasteiger partial charge in [0.05, 0.1) is 6.33 Å². The van der Waals surface area contributed by atoms with Gasteiger partial charge in [-0.05, 0) is 5.92 Å². The van der Waals surface area contributed by atoms with Crippen LogP contribution in [0.2, 0.25) is 0 Å². The minimum absolute atomic E-state index is 0.000457. The van der Waals surface area contributed by atoms with Crippen molar-refractivity contribution < 1.29 is 4.79 Å². The predicted octanol–water partition coefficient (Wildman–Crippen LogP) is 0.133. The summed E-state index contributed by atoms with van der Waals surface area (Å²) in [6.45, 7) is 4.49. The van der Waals surface area contributed by atoms with E-state index >= 15 is 0 Å². The molecule has 0 fully saturated rings. The molecule has 5 heteroatoms. The zero-order valence-electron chi connectivity index (χ0n) is 9.40. The minimum atomic E-state index is -0.167. The average Bonchev–Trinajstić information content (AvgIpc) is 2.60. The Bertz CT molecular complexity index is 332. The first-order valence-electron chi connectivity index (χ1n) is 5.03. The maximum absolute atomic E-state index is 11.7. The molecule has 0 saturated heterocycles. The third-order valence-corrected chi connectivity index (χ3v) is 2.31. The Labute approximate surface area is 89.7 Å². The van der Waals surface area contributed by atoms with Crippen LogP contribution in [0.15, 0.2) is 12.5 Å². The molecule has 0 aromatic carbocycles.